The molecule has 4 N–H and O–H groups in total. The van der Waals surface area contributed by atoms with Gasteiger partial charge in [0.1, 0.15) is 18.3 Å². The van der Waals surface area contributed by atoms with E-state index in [-0.39, 0.29) is 23.5 Å². The van der Waals surface area contributed by atoms with Gasteiger partial charge in [0.25, 0.3) is 0 Å². The lowest BCUT2D eigenvalue weighted by Gasteiger charge is -2.59. The Balaban J connectivity index is 1.73. The Morgan fingerprint density at radius 3 is 2.48 bits per heavy atom. The molecule has 3 fully saturated rings. The average Bonchev–Trinajstić information content (AvgIpc) is 2.71. The smallest absolute Gasteiger partial charge is 0.187 e. The van der Waals surface area contributed by atoms with Crippen molar-refractivity contribution in [3.8, 4) is 0 Å². The first kappa shape index (κ1) is 24.9. The van der Waals surface area contributed by atoms with Crippen LogP contribution in [0, 0.1) is 22.7 Å². The van der Waals surface area contributed by atoms with E-state index < -0.39 is 30.2 Å². The van der Waals surface area contributed by atoms with Crippen molar-refractivity contribution < 1.29 is 29.9 Å². The molecule has 2 aliphatic carbocycles. The highest BCUT2D eigenvalue weighted by molar-refractivity contribution is 5.17. The van der Waals surface area contributed by atoms with Crippen LogP contribution in [0.2, 0.25) is 0 Å². The fourth-order valence-corrected chi connectivity index (χ4v) is 6.49. The molecule has 1 heterocycles. The lowest BCUT2D eigenvalue weighted by molar-refractivity contribution is -0.293. The van der Waals surface area contributed by atoms with E-state index in [9.17, 15) is 20.4 Å². The van der Waals surface area contributed by atoms with Gasteiger partial charge in [-0.15, -0.1) is 6.58 Å². The number of fused-ring (bicyclic) bond motifs is 1. The summed E-state index contributed by atoms with van der Waals surface area (Å²) in [4.78, 5) is 0. The first-order chi connectivity index (χ1) is 14.4. The lowest BCUT2D eigenvalue weighted by atomic mass is 9.46. The number of aliphatic hydroxyl groups excluding tert-OH is 4. The summed E-state index contributed by atoms with van der Waals surface area (Å²) in [6.45, 7) is 16.9. The number of ether oxygens (including phenoxy) is 2. The second-order valence-electron chi connectivity index (χ2n) is 11.1. The molecule has 0 spiro atoms. The van der Waals surface area contributed by atoms with Gasteiger partial charge in [-0.2, -0.15) is 0 Å². The Morgan fingerprint density at radius 2 is 1.84 bits per heavy atom. The zero-order valence-electron chi connectivity index (χ0n) is 19.6. The molecule has 9 unspecified atom stereocenters. The second-order valence-corrected chi connectivity index (χ2v) is 11.1. The molecule has 0 amide bonds. The maximum atomic E-state index is 10.7. The molecule has 178 valence electrons. The van der Waals surface area contributed by atoms with Crippen molar-refractivity contribution >= 4 is 0 Å². The van der Waals surface area contributed by atoms with Crippen LogP contribution in [-0.2, 0) is 9.47 Å². The van der Waals surface area contributed by atoms with Crippen LogP contribution in [0.15, 0.2) is 24.8 Å². The van der Waals surface area contributed by atoms with Gasteiger partial charge < -0.3 is 29.9 Å². The molecule has 0 bridgehead atoms. The molecule has 3 aliphatic rings. The van der Waals surface area contributed by atoms with Gasteiger partial charge in [-0.05, 0) is 68.1 Å². The van der Waals surface area contributed by atoms with Gasteiger partial charge in [-0.3, -0.25) is 0 Å². The Hall–Kier alpha value is -0.760. The van der Waals surface area contributed by atoms with Crippen molar-refractivity contribution in [1.82, 2.24) is 0 Å². The van der Waals surface area contributed by atoms with E-state index >= 15 is 0 Å². The monoisotopic (exact) mass is 438 g/mol. The van der Waals surface area contributed by atoms with Gasteiger partial charge in [0.15, 0.2) is 6.29 Å². The highest BCUT2D eigenvalue weighted by Crippen LogP contribution is 2.62. The van der Waals surface area contributed by atoms with Crippen LogP contribution >= 0.6 is 0 Å². The van der Waals surface area contributed by atoms with E-state index in [1.807, 2.05) is 6.92 Å². The number of hydrogen-bond acceptors (Lipinski definition) is 6. The Labute approximate surface area is 187 Å². The van der Waals surface area contributed by atoms with Gasteiger partial charge in [0, 0.05) is 0 Å². The standard InChI is InChI=1S/C25H42O6/c1-7-24(5,31-22-21(29)20(28)17(26)14-30-22)12-10-16-15(2)8-9-18-23(3,4)19(27)11-13-25(16,18)6/h7,16-22,26-29H,1-2,8-14H2,3-6H3. The van der Waals surface area contributed by atoms with Crippen molar-refractivity contribution in [2.24, 2.45) is 22.7 Å². The maximum Gasteiger partial charge on any atom is 0.187 e. The van der Waals surface area contributed by atoms with E-state index in [1.165, 1.54) is 5.57 Å². The van der Waals surface area contributed by atoms with E-state index in [0.717, 1.165) is 32.1 Å². The topological polar surface area (TPSA) is 99.4 Å². The van der Waals surface area contributed by atoms with E-state index in [0.29, 0.717) is 18.3 Å². The highest BCUT2D eigenvalue weighted by atomic mass is 16.7. The third kappa shape index (κ3) is 4.53. The molecule has 1 aliphatic heterocycles. The van der Waals surface area contributed by atoms with Crippen LogP contribution in [0.5, 0.6) is 0 Å². The molecule has 6 nitrogen and oxygen atoms in total. The van der Waals surface area contributed by atoms with Crippen LogP contribution in [0.25, 0.3) is 0 Å². The molecule has 6 heteroatoms. The summed E-state index contributed by atoms with van der Waals surface area (Å²) in [5.74, 6) is 0.737. The Bertz CT molecular complexity index is 677. The first-order valence-corrected chi connectivity index (χ1v) is 11.7. The zero-order valence-corrected chi connectivity index (χ0v) is 19.6. The van der Waals surface area contributed by atoms with E-state index in [4.69, 9.17) is 9.47 Å². The van der Waals surface area contributed by atoms with Gasteiger partial charge in [0.05, 0.1) is 18.3 Å². The molecule has 2 saturated carbocycles. The SMILES string of the molecule is C=CC(C)(CCC1C(=C)CCC2C(C)(C)C(O)CCC12C)OC1OCC(O)C(O)C1O. The van der Waals surface area contributed by atoms with Gasteiger partial charge in [-0.25, -0.2) is 0 Å². The lowest BCUT2D eigenvalue weighted by Crippen LogP contribution is -2.56. The minimum absolute atomic E-state index is 0.0707. The predicted molar refractivity (Wildman–Crippen MR) is 119 cm³/mol. The summed E-state index contributed by atoms with van der Waals surface area (Å²) in [5, 5.41) is 40.6. The molecule has 31 heavy (non-hydrogen) atoms. The molecule has 0 aromatic carbocycles. The average molecular weight is 439 g/mol. The van der Waals surface area contributed by atoms with Gasteiger partial charge in [-0.1, -0.05) is 39.0 Å². The minimum atomic E-state index is -1.32. The summed E-state index contributed by atoms with van der Waals surface area (Å²) in [7, 11) is 0. The summed E-state index contributed by atoms with van der Waals surface area (Å²) >= 11 is 0. The molecule has 0 aromatic heterocycles. The fourth-order valence-electron chi connectivity index (χ4n) is 6.49. The number of hydrogen-bond donors (Lipinski definition) is 4. The van der Waals surface area contributed by atoms with E-state index in [1.54, 1.807) is 6.08 Å². The number of rotatable bonds is 6. The largest absolute Gasteiger partial charge is 0.393 e. The fraction of sp³-hybridized carbons (Fsp3) is 0.840. The highest BCUT2D eigenvalue weighted by Gasteiger charge is 2.56. The zero-order chi connectivity index (χ0) is 23.2. The number of allylic oxidation sites excluding steroid dienone is 1. The van der Waals surface area contributed by atoms with Crippen molar-refractivity contribution in [1.29, 1.82) is 0 Å². The predicted octanol–water partition coefficient (Wildman–Crippen LogP) is 2.94. The Morgan fingerprint density at radius 1 is 1.16 bits per heavy atom. The summed E-state index contributed by atoms with van der Waals surface area (Å²) in [6.07, 6.45) is 2.01. The van der Waals surface area contributed by atoms with Crippen molar-refractivity contribution in [2.75, 3.05) is 6.61 Å². The van der Waals surface area contributed by atoms with Crippen molar-refractivity contribution in [3.05, 3.63) is 24.8 Å². The van der Waals surface area contributed by atoms with Gasteiger partial charge >= 0.3 is 0 Å². The summed E-state index contributed by atoms with van der Waals surface area (Å²) in [6, 6.07) is 0. The van der Waals surface area contributed by atoms with Crippen LogP contribution < -0.4 is 0 Å². The third-order valence-electron chi connectivity index (χ3n) is 8.75. The summed E-state index contributed by atoms with van der Waals surface area (Å²) in [5.41, 5.74) is 0.452. The second kappa shape index (κ2) is 8.88. The summed E-state index contributed by atoms with van der Waals surface area (Å²) < 4.78 is 11.5. The Kier molecular flexibility index (Phi) is 7.13. The molecule has 0 aromatic rings. The molecular formula is C25H42O6. The third-order valence-corrected chi connectivity index (χ3v) is 8.75. The quantitative estimate of drug-likeness (QED) is 0.476. The van der Waals surface area contributed by atoms with Gasteiger partial charge in [0.2, 0.25) is 0 Å². The van der Waals surface area contributed by atoms with Crippen molar-refractivity contribution in [2.45, 2.75) is 103 Å². The van der Waals surface area contributed by atoms with Crippen molar-refractivity contribution in [3.63, 3.8) is 0 Å². The molecule has 9 atom stereocenters. The molecule has 0 radical (unpaired) electrons. The van der Waals surface area contributed by atoms with Crippen LogP contribution in [0.4, 0.5) is 0 Å². The molecular weight excluding hydrogens is 396 g/mol. The number of aliphatic hydroxyl groups is 4. The van der Waals surface area contributed by atoms with Crippen LogP contribution in [0.1, 0.15) is 66.2 Å². The molecule has 3 rings (SSSR count). The normalized spacial score (nSPS) is 44.9. The minimum Gasteiger partial charge on any atom is -0.393 e. The molecule has 1 saturated heterocycles. The maximum absolute atomic E-state index is 10.7. The van der Waals surface area contributed by atoms with Crippen LogP contribution in [0.3, 0.4) is 0 Å². The van der Waals surface area contributed by atoms with E-state index in [2.05, 4.69) is 33.9 Å². The first-order valence-electron chi connectivity index (χ1n) is 11.7. The van der Waals surface area contributed by atoms with Crippen LogP contribution in [-0.4, -0.2) is 63.3 Å².